The van der Waals surface area contributed by atoms with Crippen LogP contribution in [0.1, 0.15) is 25.0 Å². The fourth-order valence-electron chi connectivity index (χ4n) is 3.87. The third kappa shape index (κ3) is 2.90. The van der Waals surface area contributed by atoms with Gasteiger partial charge in [0.05, 0.1) is 18.1 Å². The Hall–Kier alpha value is -2.31. The van der Waals surface area contributed by atoms with E-state index >= 15 is 0 Å². The van der Waals surface area contributed by atoms with Crippen LogP contribution in [-0.2, 0) is 0 Å². The molecule has 0 radical (unpaired) electrons. The predicted octanol–water partition coefficient (Wildman–Crippen LogP) is 2.21. The fourth-order valence-corrected chi connectivity index (χ4v) is 3.87. The number of piperidine rings is 1. The average molecular weight is 328 g/mol. The van der Waals surface area contributed by atoms with E-state index in [1.165, 1.54) is 18.8 Å². The van der Waals surface area contributed by atoms with Crippen LogP contribution in [-0.4, -0.2) is 46.3 Å². The zero-order valence-electron chi connectivity index (χ0n) is 13.8. The van der Waals surface area contributed by atoms with Gasteiger partial charge < -0.3 is 9.80 Å². The molecule has 0 saturated carbocycles. The Bertz CT molecular complexity index is 704. The van der Waals surface area contributed by atoms with Crippen LogP contribution in [0, 0.1) is 18.2 Å². The molecular weight excluding hydrogens is 307 g/mol. The zero-order chi connectivity index (χ0) is 16.6. The highest BCUT2D eigenvalue weighted by atomic mass is 19.1. The molecule has 24 heavy (non-hydrogen) atoms. The minimum atomic E-state index is -0.393. The second-order valence-electron chi connectivity index (χ2n) is 6.93. The first kappa shape index (κ1) is 15.2. The lowest BCUT2D eigenvalue weighted by Gasteiger charge is -2.40. The first-order valence-electron chi connectivity index (χ1n) is 8.41. The lowest BCUT2D eigenvalue weighted by molar-refractivity contribution is 0.262. The molecule has 0 N–H and O–H groups in total. The van der Waals surface area contributed by atoms with E-state index in [9.17, 15) is 4.39 Å². The monoisotopic (exact) mass is 328 g/mol. The molecule has 1 atom stereocenters. The van der Waals surface area contributed by atoms with Crippen LogP contribution in [0.2, 0.25) is 0 Å². The standard InChI is InChI=1S/C17H21FN6/c1-13-3-4-15(22-21-13)23-8-6-17(11-23)5-2-7-24(12-17)16-19-9-14(18)10-20-16/h3-4,9-10H,2,5-8,11-12H2,1H3/t17-/m1/s1. The van der Waals surface area contributed by atoms with Crippen LogP contribution in [0.5, 0.6) is 0 Å². The number of aryl methyl sites for hydroxylation is 1. The summed E-state index contributed by atoms with van der Waals surface area (Å²) in [5.74, 6) is 1.19. The van der Waals surface area contributed by atoms with E-state index in [1.807, 2.05) is 19.1 Å². The summed E-state index contributed by atoms with van der Waals surface area (Å²) >= 11 is 0. The molecule has 0 unspecified atom stereocenters. The second kappa shape index (κ2) is 5.96. The Morgan fingerprint density at radius 2 is 1.79 bits per heavy atom. The topological polar surface area (TPSA) is 58.0 Å². The van der Waals surface area contributed by atoms with Gasteiger partial charge in [-0.3, -0.25) is 0 Å². The molecule has 0 aliphatic carbocycles. The minimum absolute atomic E-state index is 0.225. The maximum Gasteiger partial charge on any atom is 0.225 e. The van der Waals surface area contributed by atoms with Crippen molar-refractivity contribution in [3.05, 3.63) is 36.0 Å². The number of anilines is 2. The van der Waals surface area contributed by atoms with Crippen molar-refractivity contribution in [3.8, 4) is 0 Å². The van der Waals surface area contributed by atoms with E-state index in [2.05, 4.69) is 30.0 Å². The highest BCUT2D eigenvalue weighted by Crippen LogP contribution is 2.40. The zero-order valence-corrected chi connectivity index (χ0v) is 13.8. The summed E-state index contributed by atoms with van der Waals surface area (Å²) in [6, 6.07) is 4.05. The average Bonchev–Trinajstić information content (AvgIpc) is 2.99. The smallest absolute Gasteiger partial charge is 0.225 e. The number of aromatic nitrogens is 4. The lowest BCUT2D eigenvalue weighted by atomic mass is 9.79. The van der Waals surface area contributed by atoms with Crippen LogP contribution in [0.15, 0.2) is 24.5 Å². The van der Waals surface area contributed by atoms with Crippen LogP contribution in [0.4, 0.5) is 16.2 Å². The summed E-state index contributed by atoms with van der Waals surface area (Å²) in [6.45, 7) is 5.76. The first-order chi connectivity index (χ1) is 11.6. The van der Waals surface area contributed by atoms with E-state index in [-0.39, 0.29) is 5.41 Å². The minimum Gasteiger partial charge on any atom is -0.354 e. The third-order valence-electron chi connectivity index (χ3n) is 5.10. The molecule has 2 aliphatic heterocycles. The molecule has 2 aromatic heterocycles. The first-order valence-corrected chi connectivity index (χ1v) is 8.41. The number of hydrogen-bond acceptors (Lipinski definition) is 6. The van der Waals surface area contributed by atoms with Crippen LogP contribution < -0.4 is 9.80 Å². The summed E-state index contributed by atoms with van der Waals surface area (Å²) in [6.07, 6.45) is 5.91. The highest BCUT2D eigenvalue weighted by molar-refractivity contribution is 5.41. The molecule has 6 nitrogen and oxygen atoms in total. The van der Waals surface area contributed by atoms with Crippen molar-refractivity contribution >= 4 is 11.8 Å². The normalized spacial score (nSPS) is 23.9. The van der Waals surface area contributed by atoms with Crippen LogP contribution in [0.25, 0.3) is 0 Å². The van der Waals surface area contributed by atoms with E-state index in [0.29, 0.717) is 5.95 Å². The predicted molar refractivity (Wildman–Crippen MR) is 89.5 cm³/mol. The number of halogens is 1. The van der Waals surface area contributed by atoms with Gasteiger partial charge in [0.1, 0.15) is 0 Å². The molecule has 126 valence electrons. The van der Waals surface area contributed by atoms with Gasteiger partial charge in [0, 0.05) is 31.6 Å². The maximum absolute atomic E-state index is 13.1. The molecule has 2 saturated heterocycles. The SMILES string of the molecule is Cc1ccc(N2CC[C@]3(CCCN(c4ncc(F)cn4)C3)C2)nn1. The summed E-state index contributed by atoms with van der Waals surface area (Å²) in [7, 11) is 0. The maximum atomic E-state index is 13.1. The molecule has 4 rings (SSSR count). The Labute approximate surface area is 140 Å². The highest BCUT2D eigenvalue weighted by Gasteiger charge is 2.42. The summed E-state index contributed by atoms with van der Waals surface area (Å²) in [5.41, 5.74) is 1.16. The van der Waals surface area contributed by atoms with Gasteiger partial charge in [-0.15, -0.1) is 5.10 Å². The van der Waals surface area contributed by atoms with Crippen molar-refractivity contribution in [3.63, 3.8) is 0 Å². The van der Waals surface area contributed by atoms with Gasteiger partial charge in [-0.2, -0.15) is 5.10 Å². The van der Waals surface area contributed by atoms with Gasteiger partial charge in [0.15, 0.2) is 11.6 Å². The number of nitrogens with zero attached hydrogens (tertiary/aromatic N) is 6. The lowest BCUT2D eigenvalue weighted by Crippen LogP contribution is -2.45. The fraction of sp³-hybridized carbons (Fsp3) is 0.529. The van der Waals surface area contributed by atoms with Crippen molar-refractivity contribution in [2.45, 2.75) is 26.2 Å². The van der Waals surface area contributed by atoms with E-state index in [0.717, 1.165) is 50.5 Å². The summed E-state index contributed by atoms with van der Waals surface area (Å²) in [4.78, 5) is 12.8. The Morgan fingerprint density at radius 3 is 2.54 bits per heavy atom. The second-order valence-corrected chi connectivity index (χ2v) is 6.93. The molecule has 4 heterocycles. The largest absolute Gasteiger partial charge is 0.354 e. The van der Waals surface area contributed by atoms with Gasteiger partial charge in [0.25, 0.3) is 0 Å². The van der Waals surface area contributed by atoms with Crippen molar-refractivity contribution in [1.82, 2.24) is 20.2 Å². The molecule has 2 aliphatic rings. The summed E-state index contributed by atoms with van der Waals surface area (Å²) in [5, 5.41) is 8.49. The van der Waals surface area contributed by atoms with Crippen LogP contribution in [0.3, 0.4) is 0 Å². The molecule has 0 bridgehead atoms. The molecule has 1 spiro atoms. The van der Waals surface area contributed by atoms with Gasteiger partial charge >= 0.3 is 0 Å². The Balaban J connectivity index is 1.49. The van der Waals surface area contributed by atoms with E-state index < -0.39 is 5.82 Å². The van der Waals surface area contributed by atoms with E-state index in [1.54, 1.807) is 0 Å². The molecule has 2 fully saturated rings. The van der Waals surface area contributed by atoms with Crippen molar-refractivity contribution in [1.29, 1.82) is 0 Å². The van der Waals surface area contributed by atoms with Crippen molar-refractivity contribution < 1.29 is 4.39 Å². The van der Waals surface area contributed by atoms with Gasteiger partial charge in [-0.1, -0.05) is 0 Å². The van der Waals surface area contributed by atoms with Crippen LogP contribution >= 0.6 is 0 Å². The molecule has 0 amide bonds. The van der Waals surface area contributed by atoms with Gasteiger partial charge in [0.2, 0.25) is 5.95 Å². The summed E-state index contributed by atoms with van der Waals surface area (Å²) < 4.78 is 13.1. The molecule has 0 aromatic carbocycles. The van der Waals surface area contributed by atoms with E-state index in [4.69, 9.17) is 0 Å². The molecule has 7 heteroatoms. The molecule has 2 aromatic rings. The Morgan fingerprint density at radius 1 is 1.00 bits per heavy atom. The van der Waals surface area contributed by atoms with Crippen molar-refractivity contribution in [2.75, 3.05) is 36.0 Å². The van der Waals surface area contributed by atoms with Gasteiger partial charge in [-0.05, 0) is 38.3 Å². The number of rotatable bonds is 2. The molecular formula is C17H21FN6. The Kier molecular flexibility index (Phi) is 3.78. The van der Waals surface area contributed by atoms with Crippen molar-refractivity contribution in [2.24, 2.45) is 5.41 Å². The quantitative estimate of drug-likeness (QED) is 0.842. The number of hydrogen-bond donors (Lipinski definition) is 0. The van der Waals surface area contributed by atoms with Gasteiger partial charge in [-0.25, -0.2) is 14.4 Å². The third-order valence-corrected chi connectivity index (χ3v) is 5.10.